The Bertz CT molecular complexity index is 397. The van der Waals surface area contributed by atoms with Gasteiger partial charge >= 0.3 is 0 Å². The van der Waals surface area contributed by atoms with Gasteiger partial charge in [-0.3, -0.25) is 4.79 Å². The van der Waals surface area contributed by atoms with Crippen molar-refractivity contribution in [3.05, 3.63) is 27.8 Å². The molecule has 1 aromatic rings. The minimum Gasteiger partial charge on any atom is -0.493 e. The van der Waals surface area contributed by atoms with E-state index in [0.717, 1.165) is 11.1 Å². The summed E-state index contributed by atoms with van der Waals surface area (Å²) < 4.78 is 5.49. The van der Waals surface area contributed by atoms with Gasteiger partial charge in [-0.25, -0.2) is 0 Å². The molecule has 15 heavy (non-hydrogen) atoms. The maximum Gasteiger partial charge on any atom is 0.163 e. The van der Waals surface area contributed by atoms with Crippen LogP contribution in [0.1, 0.15) is 35.3 Å². The number of halogens is 1. The molecule has 0 radical (unpaired) electrons. The fraction of sp³-hybridized carbons (Fsp3) is 0.417. The summed E-state index contributed by atoms with van der Waals surface area (Å²) in [7, 11) is 0. The van der Waals surface area contributed by atoms with Gasteiger partial charge in [0, 0.05) is 5.02 Å². The number of rotatable bonds is 3. The summed E-state index contributed by atoms with van der Waals surface area (Å²) in [5.74, 6) is 0.635. The number of Topliss-reactive ketones (excluding diaryl/α,β-unsaturated/α-hetero) is 1. The van der Waals surface area contributed by atoms with E-state index in [4.69, 9.17) is 16.3 Å². The number of carbonyl (C=O) groups is 1. The molecule has 82 valence electrons. The lowest BCUT2D eigenvalue weighted by Crippen LogP contribution is -2.04. The Kier molecular flexibility index (Phi) is 3.75. The van der Waals surface area contributed by atoms with Crippen molar-refractivity contribution in [1.82, 2.24) is 0 Å². The van der Waals surface area contributed by atoms with Gasteiger partial charge in [-0.15, -0.1) is 0 Å². The minimum atomic E-state index is -0.0246. The summed E-state index contributed by atoms with van der Waals surface area (Å²) in [5.41, 5.74) is 2.46. The average molecular weight is 227 g/mol. The molecule has 0 bridgehead atoms. The predicted octanol–water partition coefficient (Wildman–Crippen LogP) is 3.56. The number of hydrogen-bond acceptors (Lipinski definition) is 2. The first-order valence-corrected chi connectivity index (χ1v) is 5.30. The van der Waals surface area contributed by atoms with Gasteiger partial charge in [0.15, 0.2) is 5.78 Å². The number of carbonyl (C=O) groups excluding carboxylic acids is 1. The highest BCUT2D eigenvalue weighted by molar-refractivity contribution is 6.32. The zero-order chi connectivity index (χ0) is 11.6. The lowest BCUT2D eigenvalue weighted by Gasteiger charge is -2.14. The highest BCUT2D eigenvalue weighted by Gasteiger charge is 2.15. The number of ketones is 1. The van der Waals surface area contributed by atoms with Crippen molar-refractivity contribution >= 4 is 17.4 Å². The third kappa shape index (κ3) is 2.32. The van der Waals surface area contributed by atoms with Crippen LogP contribution in [-0.2, 0) is 0 Å². The molecule has 0 amide bonds. The summed E-state index contributed by atoms with van der Waals surface area (Å²) >= 11 is 6.03. The molecule has 0 aromatic heterocycles. The number of hydrogen-bond donors (Lipinski definition) is 0. The van der Waals surface area contributed by atoms with Crippen LogP contribution in [0.25, 0.3) is 0 Å². The molecule has 0 unspecified atom stereocenters. The molecule has 0 N–H and O–H groups in total. The third-order valence-corrected chi connectivity index (χ3v) is 2.84. The van der Waals surface area contributed by atoms with Gasteiger partial charge in [0.25, 0.3) is 0 Å². The summed E-state index contributed by atoms with van der Waals surface area (Å²) in [6.45, 7) is 7.79. The fourth-order valence-electron chi connectivity index (χ4n) is 1.44. The second-order valence-corrected chi connectivity index (χ2v) is 3.88. The van der Waals surface area contributed by atoms with Crippen molar-refractivity contribution in [1.29, 1.82) is 0 Å². The lowest BCUT2D eigenvalue weighted by atomic mass is 10.0. The topological polar surface area (TPSA) is 26.3 Å². The van der Waals surface area contributed by atoms with E-state index < -0.39 is 0 Å². The van der Waals surface area contributed by atoms with Gasteiger partial charge in [-0.05, 0) is 44.9 Å². The maximum absolute atomic E-state index is 11.4. The van der Waals surface area contributed by atoms with Crippen LogP contribution in [0.5, 0.6) is 5.75 Å². The van der Waals surface area contributed by atoms with Gasteiger partial charge in [-0.1, -0.05) is 11.6 Å². The first kappa shape index (κ1) is 12.1. The average Bonchev–Trinajstić information content (AvgIpc) is 2.18. The molecule has 1 rings (SSSR count). The Morgan fingerprint density at radius 1 is 1.40 bits per heavy atom. The van der Waals surface area contributed by atoms with E-state index in [0.29, 0.717) is 22.9 Å². The minimum absolute atomic E-state index is 0.0246. The molecule has 0 aliphatic heterocycles. The first-order chi connectivity index (χ1) is 6.99. The van der Waals surface area contributed by atoms with E-state index >= 15 is 0 Å². The highest BCUT2D eigenvalue weighted by atomic mass is 35.5. The SMILES string of the molecule is CCOc1c(C(C)=O)cc(Cl)c(C)c1C. The van der Waals surface area contributed by atoms with Gasteiger partial charge < -0.3 is 4.74 Å². The molecule has 0 fully saturated rings. The molecule has 0 aliphatic carbocycles. The normalized spacial score (nSPS) is 10.2. The van der Waals surface area contributed by atoms with Crippen LogP contribution in [0, 0.1) is 13.8 Å². The lowest BCUT2D eigenvalue weighted by molar-refractivity contribution is 0.101. The quantitative estimate of drug-likeness (QED) is 0.737. The third-order valence-electron chi connectivity index (χ3n) is 2.44. The monoisotopic (exact) mass is 226 g/mol. The van der Waals surface area contributed by atoms with Gasteiger partial charge in [-0.2, -0.15) is 0 Å². The van der Waals surface area contributed by atoms with E-state index in [-0.39, 0.29) is 5.78 Å². The summed E-state index contributed by atoms with van der Waals surface area (Å²) in [4.78, 5) is 11.4. The molecule has 0 saturated carbocycles. The van der Waals surface area contributed by atoms with Gasteiger partial charge in [0.05, 0.1) is 12.2 Å². The van der Waals surface area contributed by atoms with Crippen molar-refractivity contribution in [3.63, 3.8) is 0 Å². The Balaban J connectivity index is 3.43. The highest BCUT2D eigenvalue weighted by Crippen LogP contribution is 2.32. The largest absolute Gasteiger partial charge is 0.493 e. The molecule has 0 heterocycles. The Hall–Kier alpha value is -1.02. The Labute approximate surface area is 95.2 Å². The van der Waals surface area contributed by atoms with E-state index in [1.54, 1.807) is 6.07 Å². The smallest absolute Gasteiger partial charge is 0.163 e. The molecule has 0 atom stereocenters. The Morgan fingerprint density at radius 2 is 2.00 bits per heavy atom. The van der Waals surface area contributed by atoms with Crippen LogP contribution in [-0.4, -0.2) is 12.4 Å². The van der Waals surface area contributed by atoms with Crippen molar-refractivity contribution < 1.29 is 9.53 Å². The van der Waals surface area contributed by atoms with Crippen LogP contribution in [0.3, 0.4) is 0 Å². The van der Waals surface area contributed by atoms with Gasteiger partial charge in [0.1, 0.15) is 5.75 Å². The molecular weight excluding hydrogens is 212 g/mol. The molecule has 2 nitrogen and oxygen atoms in total. The van der Waals surface area contributed by atoms with E-state index in [9.17, 15) is 4.79 Å². The van der Waals surface area contributed by atoms with Crippen LogP contribution in [0.2, 0.25) is 5.02 Å². The van der Waals surface area contributed by atoms with Gasteiger partial charge in [0.2, 0.25) is 0 Å². The van der Waals surface area contributed by atoms with Crippen molar-refractivity contribution in [2.75, 3.05) is 6.61 Å². The summed E-state index contributed by atoms with van der Waals surface area (Å²) in [6.07, 6.45) is 0. The van der Waals surface area contributed by atoms with Crippen LogP contribution >= 0.6 is 11.6 Å². The zero-order valence-electron chi connectivity index (χ0n) is 9.48. The second kappa shape index (κ2) is 4.67. The molecule has 1 aromatic carbocycles. The first-order valence-electron chi connectivity index (χ1n) is 4.92. The summed E-state index contributed by atoms with van der Waals surface area (Å²) in [5, 5.41) is 0.612. The molecule has 3 heteroatoms. The number of benzene rings is 1. The summed E-state index contributed by atoms with van der Waals surface area (Å²) in [6, 6.07) is 1.68. The fourth-order valence-corrected chi connectivity index (χ4v) is 1.69. The van der Waals surface area contributed by atoms with Crippen molar-refractivity contribution in [3.8, 4) is 5.75 Å². The number of ether oxygens (including phenoxy) is 1. The van der Waals surface area contributed by atoms with Crippen LogP contribution in [0.15, 0.2) is 6.07 Å². The van der Waals surface area contributed by atoms with Crippen LogP contribution < -0.4 is 4.74 Å². The molecule has 0 spiro atoms. The molecule has 0 saturated heterocycles. The van der Waals surface area contributed by atoms with Crippen LogP contribution in [0.4, 0.5) is 0 Å². The Morgan fingerprint density at radius 3 is 2.47 bits per heavy atom. The zero-order valence-corrected chi connectivity index (χ0v) is 10.2. The standard InChI is InChI=1S/C12H15ClO2/c1-5-15-12-8(3)7(2)11(13)6-10(12)9(4)14/h6H,5H2,1-4H3. The van der Waals surface area contributed by atoms with E-state index in [1.807, 2.05) is 20.8 Å². The van der Waals surface area contributed by atoms with E-state index in [2.05, 4.69) is 0 Å². The predicted molar refractivity (Wildman–Crippen MR) is 62.1 cm³/mol. The molecular formula is C12H15ClO2. The molecule has 0 aliphatic rings. The van der Waals surface area contributed by atoms with Crippen molar-refractivity contribution in [2.24, 2.45) is 0 Å². The maximum atomic E-state index is 11.4. The van der Waals surface area contributed by atoms with Crippen molar-refractivity contribution in [2.45, 2.75) is 27.7 Å². The van der Waals surface area contributed by atoms with E-state index in [1.165, 1.54) is 6.92 Å². The second-order valence-electron chi connectivity index (χ2n) is 3.47.